The number of carbonyl (C=O) groups excluding carboxylic acids is 1. The van der Waals surface area contributed by atoms with Gasteiger partial charge < -0.3 is 15.7 Å². The number of aliphatic hydroxyl groups is 1. The third-order valence-electron chi connectivity index (χ3n) is 2.82. The lowest BCUT2D eigenvalue weighted by molar-refractivity contribution is 0.129. The molecule has 0 radical (unpaired) electrons. The number of hydrogen-bond acceptors (Lipinski definition) is 3. The van der Waals surface area contributed by atoms with Crippen molar-refractivity contribution in [1.82, 2.24) is 15.6 Å². The summed E-state index contributed by atoms with van der Waals surface area (Å²) in [5, 5.41) is 15.4. The molecular weight excluding hydrogens is 278 g/mol. The number of nitrogens with zero attached hydrogens (tertiary/aromatic N) is 1. The number of aromatic nitrogens is 1. The van der Waals surface area contributed by atoms with E-state index in [0.717, 1.165) is 5.56 Å². The molecule has 1 aromatic rings. The van der Waals surface area contributed by atoms with Crippen molar-refractivity contribution in [3.63, 3.8) is 0 Å². The van der Waals surface area contributed by atoms with Gasteiger partial charge in [0.15, 0.2) is 0 Å². The molecule has 1 atom stereocenters. The molecule has 1 aromatic heterocycles. The lowest BCUT2D eigenvalue weighted by Crippen LogP contribution is -2.41. The van der Waals surface area contributed by atoms with Crippen LogP contribution < -0.4 is 10.6 Å². The van der Waals surface area contributed by atoms with Gasteiger partial charge in [-0.15, -0.1) is 0 Å². The van der Waals surface area contributed by atoms with Gasteiger partial charge in [-0.25, -0.2) is 9.78 Å². The summed E-state index contributed by atoms with van der Waals surface area (Å²) >= 11 is 5.68. The topological polar surface area (TPSA) is 74.2 Å². The van der Waals surface area contributed by atoms with E-state index in [4.69, 9.17) is 11.6 Å². The Hall–Kier alpha value is -1.33. The number of urea groups is 1. The van der Waals surface area contributed by atoms with Gasteiger partial charge >= 0.3 is 6.03 Å². The monoisotopic (exact) mass is 299 g/mol. The van der Waals surface area contributed by atoms with Crippen LogP contribution in [0.15, 0.2) is 18.3 Å². The smallest absolute Gasteiger partial charge is 0.315 e. The highest BCUT2D eigenvalue weighted by molar-refractivity contribution is 6.29. The number of carbonyl (C=O) groups is 1. The van der Waals surface area contributed by atoms with E-state index in [1.54, 1.807) is 19.2 Å². The van der Waals surface area contributed by atoms with Crippen molar-refractivity contribution in [2.45, 2.75) is 39.8 Å². The largest absolute Gasteiger partial charge is 0.393 e. The predicted octanol–water partition coefficient (Wildman–Crippen LogP) is 2.33. The quantitative estimate of drug-likeness (QED) is 0.706. The summed E-state index contributed by atoms with van der Waals surface area (Å²) in [6.07, 6.45) is 1.88. The highest BCUT2D eigenvalue weighted by Gasteiger charge is 2.20. The van der Waals surface area contributed by atoms with Crippen LogP contribution in [0.25, 0.3) is 0 Å². The summed E-state index contributed by atoms with van der Waals surface area (Å²) in [5.74, 6) is 0. The van der Waals surface area contributed by atoms with Gasteiger partial charge in [0.25, 0.3) is 0 Å². The van der Waals surface area contributed by atoms with Crippen LogP contribution >= 0.6 is 11.6 Å². The molecule has 0 spiro atoms. The number of aliphatic hydroxyl groups excluding tert-OH is 1. The number of amides is 2. The lowest BCUT2D eigenvalue weighted by Gasteiger charge is -2.26. The van der Waals surface area contributed by atoms with E-state index < -0.39 is 0 Å². The van der Waals surface area contributed by atoms with E-state index in [2.05, 4.69) is 15.6 Å². The highest BCUT2D eigenvalue weighted by Crippen LogP contribution is 2.20. The van der Waals surface area contributed by atoms with Crippen LogP contribution in [0.2, 0.25) is 5.15 Å². The third kappa shape index (κ3) is 6.73. The van der Waals surface area contributed by atoms with Crippen LogP contribution in [-0.4, -0.2) is 28.8 Å². The molecular formula is C14H22ClN3O2. The fourth-order valence-electron chi connectivity index (χ4n) is 1.95. The summed E-state index contributed by atoms with van der Waals surface area (Å²) in [7, 11) is 0. The van der Waals surface area contributed by atoms with Crippen LogP contribution in [0.4, 0.5) is 4.79 Å². The van der Waals surface area contributed by atoms with Gasteiger partial charge in [0.1, 0.15) is 5.15 Å². The fourth-order valence-corrected chi connectivity index (χ4v) is 2.06. The molecule has 0 saturated carbocycles. The van der Waals surface area contributed by atoms with Crippen LogP contribution in [0.3, 0.4) is 0 Å². The van der Waals surface area contributed by atoms with Gasteiger partial charge in [-0.2, -0.15) is 0 Å². The van der Waals surface area contributed by atoms with Crippen molar-refractivity contribution < 1.29 is 9.90 Å². The molecule has 0 aliphatic rings. The Morgan fingerprint density at radius 3 is 2.70 bits per heavy atom. The molecule has 0 aliphatic carbocycles. The molecule has 0 aliphatic heterocycles. The molecule has 1 unspecified atom stereocenters. The number of halogens is 1. The minimum atomic E-state index is -0.380. The first kappa shape index (κ1) is 16.7. The third-order valence-corrected chi connectivity index (χ3v) is 3.04. The summed E-state index contributed by atoms with van der Waals surface area (Å²) < 4.78 is 0. The second-order valence-corrected chi connectivity index (χ2v) is 6.13. The minimum Gasteiger partial charge on any atom is -0.393 e. The number of rotatable bonds is 6. The highest BCUT2D eigenvalue weighted by atomic mass is 35.5. The number of nitrogens with one attached hydrogen (secondary N) is 2. The summed E-state index contributed by atoms with van der Waals surface area (Å²) in [6, 6.07) is 3.26. The van der Waals surface area contributed by atoms with Gasteiger partial charge in [0.2, 0.25) is 0 Å². The lowest BCUT2D eigenvalue weighted by atomic mass is 9.87. The van der Waals surface area contributed by atoms with E-state index in [1.807, 2.05) is 19.9 Å². The summed E-state index contributed by atoms with van der Waals surface area (Å²) in [5.41, 5.74) is 0.737. The molecule has 1 heterocycles. The molecule has 5 nitrogen and oxygen atoms in total. The zero-order valence-electron chi connectivity index (χ0n) is 12.1. The first-order valence-electron chi connectivity index (χ1n) is 6.59. The Balaban J connectivity index is 2.32. The van der Waals surface area contributed by atoms with Crippen molar-refractivity contribution in [2.24, 2.45) is 5.41 Å². The second kappa shape index (κ2) is 7.45. The maximum absolute atomic E-state index is 11.7. The Morgan fingerprint density at radius 2 is 2.15 bits per heavy atom. The van der Waals surface area contributed by atoms with Crippen molar-refractivity contribution in [3.8, 4) is 0 Å². The van der Waals surface area contributed by atoms with E-state index in [0.29, 0.717) is 24.7 Å². The zero-order valence-corrected chi connectivity index (χ0v) is 12.9. The maximum Gasteiger partial charge on any atom is 0.315 e. The molecule has 20 heavy (non-hydrogen) atoms. The Kier molecular flexibility index (Phi) is 6.23. The van der Waals surface area contributed by atoms with Crippen LogP contribution in [0.1, 0.15) is 32.8 Å². The van der Waals surface area contributed by atoms with Crippen molar-refractivity contribution >= 4 is 17.6 Å². The minimum absolute atomic E-state index is 0.146. The molecule has 112 valence electrons. The first-order chi connectivity index (χ1) is 9.28. The van der Waals surface area contributed by atoms with E-state index in [9.17, 15) is 9.90 Å². The predicted molar refractivity (Wildman–Crippen MR) is 79.6 cm³/mol. The van der Waals surface area contributed by atoms with Gasteiger partial charge in [-0.3, -0.25) is 0 Å². The maximum atomic E-state index is 11.7. The average molecular weight is 300 g/mol. The van der Waals surface area contributed by atoms with Crippen LogP contribution in [0, 0.1) is 5.41 Å². The van der Waals surface area contributed by atoms with Gasteiger partial charge in [0, 0.05) is 19.3 Å². The van der Waals surface area contributed by atoms with E-state index in [-0.39, 0.29) is 17.6 Å². The molecule has 0 saturated heterocycles. The van der Waals surface area contributed by atoms with Crippen LogP contribution in [0.5, 0.6) is 0 Å². The normalized spacial score (nSPS) is 12.8. The van der Waals surface area contributed by atoms with E-state index in [1.165, 1.54) is 0 Å². The van der Waals surface area contributed by atoms with Crippen LogP contribution in [-0.2, 0) is 6.54 Å². The van der Waals surface area contributed by atoms with Crippen molar-refractivity contribution in [1.29, 1.82) is 0 Å². The fraction of sp³-hybridized carbons (Fsp3) is 0.571. The molecule has 0 bridgehead atoms. The Morgan fingerprint density at radius 1 is 1.45 bits per heavy atom. The zero-order chi connectivity index (χ0) is 15.2. The standard InChI is InChI=1S/C14H22ClN3O2/c1-10(19)6-14(2,3)9-18-13(20)17-8-11-4-5-12(15)16-7-11/h4-5,7,10,19H,6,8-9H2,1-3H3,(H2,17,18,20). The molecule has 6 heteroatoms. The summed E-state index contributed by atoms with van der Waals surface area (Å²) in [6.45, 7) is 6.65. The first-order valence-corrected chi connectivity index (χ1v) is 6.96. The van der Waals surface area contributed by atoms with Crippen molar-refractivity contribution in [2.75, 3.05) is 6.54 Å². The molecule has 2 amide bonds. The number of pyridine rings is 1. The van der Waals surface area contributed by atoms with Crippen molar-refractivity contribution in [3.05, 3.63) is 29.0 Å². The average Bonchev–Trinajstić information content (AvgIpc) is 2.34. The Bertz CT molecular complexity index is 433. The molecule has 1 rings (SSSR count). The molecule has 3 N–H and O–H groups in total. The number of hydrogen-bond donors (Lipinski definition) is 3. The van der Waals surface area contributed by atoms with Gasteiger partial charge in [-0.05, 0) is 30.4 Å². The van der Waals surface area contributed by atoms with Gasteiger partial charge in [0.05, 0.1) is 6.10 Å². The van der Waals surface area contributed by atoms with Gasteiger partial charge in [-0.1, -0.05) is 31.5 Å². The Labute approximate surface area is 124 Å². The molecule has 0 fully saturated rings. The second-order valence-electron chi connectivity index (χ2n) is 5.74. The van der Waals surface area contributed by atoms with E-state index >= 15 is 0 Å². The molecule has 0 aromatic carbocycles. The SMILES string of the molecule is CC(O)CC(C)(C)CNC(=O)NCc1ccc(Cl)nc1. The summed E-state index contributed by atoms with van der Waals surface area (Å²) in [4.78, 5) is 15.6.